The average molecular weight is 205 g/mol. The Hall–Kier alpha value is -0.120. The Labute approximate surface area is 89.1 Å². The van der Waals surface area contributed by atoms with Gasteiger partial charge >= 0.3 is 0 Å². The number of nitrogens with zero attached hydrogens (tertiary/aromatic N) is 1. The van der Waals surface area contributed by atoms with Gasteiger partial charge < -0.3 is 14.7 Å². The number of aliphatic hydroxyl groups is 1. The van der Waals surface area contributed by atoms with Gasteiger partial charge in [0.05, 0.1) is 25.2 Å². The van der Waals surface area contributed by atoms with E-state index in [0.717, 1.165) is 6.54 Å². The van der Waals surface area contributed by atoms with Crippen molar-refractivity contribution in [2.24, 2.45) is 5.41 Å². The molecule has 0 radical (unpaired) electrons. The van der Waals surface area contributed by atoms with Gasteiger partial charge in [0, 0.05) is 6.54 Å². The zero-order valence-corrected chi connectivity index (χ0v) is 10.6. The van der Waals surface area contributed by atoms with Crippen LogP contribution in [0.1, 0.15) is 27.7 Å². The molecule has 0 unspecified atom stereocenters. The molecular weight excluding hydrogens is 178 g/mol. The van der Waals surface area contributed by atoms with Gasteiger partial charge in [0.15, 0.2) is 0 Å². The quantitative estimate of drug-likeness (QED) is 0.760. The van der Waals surface area contributed by atoms with Crippen molar-refractivity contribution in [3.8, 4) is 0 Å². The smallest absolute Gasteiger partial charge is 0.0579 e. The minimum atomic E-state index is 0.0451. The van der Waals surface area contributed by atoms with E-state index in [4.69, 9.17) is 9.84 Å². The second-order valence-electron chi connectivity index (χ2n) is 3.39. The second kappa shape index (κ2) is 9.44. The molecule has 3 heteroatoms. The summed E-state index contributed by atoms with van der Waals surface area (Å²) in [5.74, 6) is 0. The van der Waals surface area contributed by atoms with Crippen LogP contribution in [0.2, 0.25) is 0 Å². The SMILES string of the molecule is CC.CC.CN(C)CC1(CO)COC1. The summed E-state index contributed by atoms with van der Waals surface area (Å²) in [6.45, 7) is 10.6. The molecule has 88 valence electrons. The Bertz CT molecular complexity index is 106. The van der Waals surface area contributed by atoms with Gasteiger partial charge in [-0.1, -0.05) is 27.7 Å². The summed E-state index contributed by atoms with van der Waals surface area (Å²) in [7, 11) is 4.02. The topological polar surface area (TPSA) is 32.7 Å². The summed E-state index contributed by atoms with van der Waals surface area (Å²) in [6, 6.07) is 0. The van der Waals surface area contributed by atoms with E-state index in [2.05, 4.69) is 4.90 Å². The molecule has 1 aliphatic heterocycles. The van der Waals surface area contributed by atoms with Crippen molar-refractivity contribution in [1.29, 1.82) is 0 Å². The third-order valence-electron chi connectivity index (χ3n) is 1.80. The molecule has 14 heavy (non-hydrogen) atoms. The maximum absolute atomic E-state index is 8.98. The molecule has 1 heterocycles. The lowest BCUT2D eigenvalue weighted by atomic mass is 9.87. The van der Waals surface area contributed by atoms with Crippen molar-refractivity contribution in [2.75, 3.05) is 40.5 Å². The predicted molar refractivity (Wildman–Crippen MR) is 61.6 cm³/mol. The molecule has 3 nitrogen and oxygen atoms in total. The fourth-order valence-corrected chi connectivity index (χ4v) is 1.29. The first-order valence-electron chi connectivity index (χ1n) is 5.52. The number of ether oxygens (including phenoxy) is 1. The van der Waals surface area contributed by atoms with Gasteiger partial charge in [0.25, 0.3) is 0 Å². The summed E-state index contributed by atoms with van der Waals surface area (Å²) < 4.78 is 5.04. The van der Waals surface area contributed by atoms with E-state index < -0.39 is 0 Å². The fourth-order valence-electron chi connectivity index (χ4n) is 1.29. The van der Waals surface area contributed by atoms with Crippen molar-refractivity contribution in [3.63, 3.8) is 0 Å². The highest BCUT2D eigenvalue weighted by Gasteiger charge is 2.38. The molecule has 1 aliphatic rings. The first-order valence-corrected chi connectivity index (χ1v) is 5.52. The van der Waals surface area contributed by atoms with Crippen LogP contribution < -0.4 is 0 Å². The fraction of sp³-hybridized carbons (Fsp3) is 1.00. The molecule has 0 atom stereocenters. The molecule has 1 N–H and O–H groups in total. The monoisotopic (exact) mass is 205 g/mol. The molecule has 0 aromatic carbocycles. The molecule has 0 aromatic heterocycles. The third kappa shape index (κ3) is 5.58. The van der Waals surface area contributed by atoms with Crippen LogP contribution in [0.4, 0.5) is 0 Å². The van der Waals surface area contributed by atoms with E-state index in [0.29, 0.717) is 13.2 Å². The Kier molecular flexibility index (Phi) is 11.0. The lowest BCUT2D eigenvalue weighted by Crippen LogP contribution is -2.51. The summed E-state index contributed by atoms with van der Waals surface area (Å²) in [5, 5.41) is 8.98. The summed E-state index contributed by atoms with van der Waals surface area (Å²) in [5.41, 5.74) is 0.0451. The van der Waals surface area contributed by atoms with E-state index in [1.165, 1.54) is 0 Å². The first-order chi connectivity index (χ1) is 6.68. The van der Waals surface area contributed by atoms with Gasteiger partial charge in [0.2, 0.25) is 0 Å². The van der Waals surface area contributed by atoms with Gasteiger partial charge in [-0.15, -0.1) is 0 Å². The van der Waals surface area contributed by atoms with E-state index >= 15 is 0 Å². The zero-order valence-electron chi connectivity index (χ0n) is 10.6. The van der Waals surface area contributed by atoms with Gasteiger partial charge in [-0.25, -0.2) is 0 Å². The van der Waals surface area contributed by atoms with Crippen molar-refractivity contribution in [1.82, 2.24) is 4.90 Å². The average Bonchev–Trinajstić information content (AvgIpc) is 2.18. The largest absolute Gasteiger partial charge is 0.396 e. The maximum Gasteiger partial charge on any atom is 0.0579 e. The molecule has 1 fully saturated rings. The van der Waals surface area contributed by atoms with Crippen LogP contribution in [0.5, 0.6) is 0 Å². The number of rotatable bonds is 3. The van der Waals surface area contributed by atoms with E-state index in [9.17, 15) is 0 Å². The molecule has 0 amide bonds. The number of hydrogen-bond acceptors (Lipinski definition) is 3. The summed E-state index contributed by atoms with van der Waals surface area (Å²) >= 11 is 0. The minimum Gasteiger partial charge on any atom is -0.396 e. The van der Waals surface area contributed by atoms with Crippen LogP contribution in [0.3, 0.4) is 0 Å². The lowest BCUT2D eigenvalue weighted by molar-refractivity contribution is -0.144. The van der Waals surface area contributed by atoms with Crippen LogP contribution in [-0.4, -0.2) is 50.5 Å². The van der Waals surface area contributed by atoms with E-state index in [-0.39, 0.29) is 12.0 Å². The third-order valence-corrected chi connectivity index (χ3v) is 1.80. The van der Waals surface area contributed by atoms with Crippen LogP contribution >= 0.6 is 0 Å². The molecule has 1 rings (SSSR count). The minimum absolute atomic E-state index is 0.0451. The van der Waals surface area contributed by atoms with Crippen LogP contribution in [0.15, 0.2) is 0 Å². The summed E-state index contributed by atoms with van der Waals surface area (Å²) in [6.07, 6.45) is 0. The van der Waals surface area contributed by atoms with Gasteiger partial charge in [0.1, 0.15) is 0 Å². The molecule has 0 saturated carbocycles. The van der Waals surface area contributed by atoms with Crippen molar-refractivity contribution >= 4 is 0 Å². The van der Waals surface area contributed by atoms with Gasteiger partial charge in [-0.2, -0.15) is 0 Å². The van der Waals surface area contributed by atoms with Crippen molar-refractivity contribution in [2.45, 2.75) is 27.7 Å². The van der Waals surface area contributed by atoms with Gasteiger partial charge in [-0.3, -0.25) is 0 Å². The second-order valence-corrected chi connectivity index (χ2v) is 3.39. The Balaban J connectivity index is 0. The number of aliphatic hydroxyl groups excluding tert-OH is 1. The van der Waals surface area contributed by atoms with Gasteiger partial charge in [-0.05, 0) is 14.1 Å². The number of hydrogen-bond donors (Lipinski definition) is 1. The van der Waals surface area contributed by atoms with Crippen LogP contribution in [-0.2, 0) is 4.74 Å². The Morgan fingerprint density at radius 1 is 1.14 bits per heavy atom. The standard InChI is InChI=1S/C7H15NO2.2C2H6/c1-8(2)3-7(4-9)5-10-6-7;2*1-2/h9H,3-6H2,1-2H3;2*1-2H3. The van der Waals surface area contributed by atoms with E-state index in [1.807, 2.05) is 41.8 Å². The zero-order chi connectivity index (χ0) is 11.6. The van der Waals surface area contributed by atoms with Crippen LogP contribution in [0, 0.1) is 5.41 Å². The Morgan fingerprint density at radius 2 is 1.57 bits per heavy atom. The van der Waals surface area contributed by atoms with E-state index in [1.54, 1.807) is 0 Å². The highest BCUT2D eigenvalue weighted by atomic mass is 16.5. The Morgan fingerprint density at radius 3 is 1.64 bits per heavy atom. The van der Waals surface area contributed by atoms with Crippen molar-refractivity contribution < 1.29 is 9.84 Å². The molecule has 0 aromatic rings. The summed E-state index contributed by atoms with van der Waals surface area (Å²) in [4.78, 5) is 2.08. The molecule has 0 aliphatic carbocycles. The highest BCUT2D eigenvalue weighted by Crippen LogP contribution is 2.26. The molecule has 0 bridgehead atoms. The van der Waals surface area contributed by atoms with Crippen LogP contribution in [0.25, 0.3) is 0 Å². The molecule has 0 spiro atoms. The highest BCUT2D eigenvalue weighted by molar-refractivity contribution is 4.86. The first kappa shape index (κ1) is 16.3. The lowest BCUT2D eigenvalue weighted by Gasteiger charge is -2.41. The van der Waals surface area contributed by atoms with Crippen molar-refractivity contribution in [3.05, 3.63) is 0 Å². The molecular formula is C11H27NO2. The predicted octanol–water partition coefficient (Wildman–Crippen LogP) is 1.61. The molecule has 1 saturated heterocycles. The normalized spacial score (nSPS) is 17.1. The maximum atomic E-state index is 8.98.